The van der Waals surface area contributed by atoms with Crippen LogP contribution in [0.25, 0.3) is 16.9 Å². The molecule has 0 radical (unpaired) electrons. The van der Waals surface area contributed by atoms with E-state index in [0.717, 1.165) is 16.8 Å². The first kappa shape index (κ1) is 17.5. The van der Waals surface area contributed by atoms with Gasteiger partial charge in [-0.05, 0) is 48.4 Å². The molecule has 0 fully saturated rings. The Morgan fingerprint density at radius 2 is 1.89 bits per heavy atom. The molecule has 8 heteroatoms. The van der Waals surface area contributed by atoms with Gasteiger partial charge >= 0.3 is 0 Å². The van der Waals surface area contributed by atoms with E-state index in [1.807, 2.05) is 47.9 Å². The zero-order valence-corrected chi connectivity index (χ0v) is 15.8. The van der Waals surface area contributed by atoms with Crippen molar-refractivity contribution in [2.45, 2.75) is 6.92 Å². The minimum absolute atomic E-state index is 0.103. The first-order valence-corrected chi connectivity index (χ1v) is 8.88. The van der Waals surface area contributed by atoms with E-state index in [1.165, 1.54) is 0 Å². The van der Waals surface area contributed by atoms with Crippen LogP contribution in [0.15, 0.2) is 60.0 Å². The highest BCUT2D eigenvalue weighted by molar-refractivity contribution is 6.30. The monoisotopic (exact) mass is 396 g/mol. The molecule has 1 N–H and O–H groups in total. The summed E-state index contributed by atoms with van der Waals surface area (Å²) in [5.74, 6) is 0.432. The molecule has 6 nitrogen and oxygen atoms in total. The van der Waals surface area contributed by atoms with E-state index in [-0.39, 0.29) is 5.28 Å². The van der Waals surface area contributed by atoms with Crippen molar-refractivity contribution in [2.75, 3.05) is 5.43 Å². The number of aromatic nitrogens is 4. The van der Waals surface area contributed by atoms with E-state index in [1.54, 1.807) is 24.7 Å². The van der Waals surface area contributed by atoms with Gasteiger partial charge in [0.1, 0.15) is 6.33 Å². The van der Waals surface area contributed by atoms with E-state index in [0.29, 0.717) is 22.0 Å². The van der Waals surface area contributed by atoms with E-state index in [2.05, 4.69) is 25.5 Å². The molecular formula is C19H14Cl2N6. The van der Waals surface area contributed by atoms with Crippen LogP contribution in [0.1, 0.15) is 11.1 Å². The van der Waals surface area contributed by atoms with E-state index < -0.39 is 0 Å². The molecule has 2 heterocycles. The lowest BCUT2D eigenvalue weighted by molar-refractivity contribution is 1.06. The quantitative estimate of drug-likeness (QED) is 0.303. The van der Waals surface area contributed by atoms with Gasteiger partial charge < -0.3 is 0 Å². The van der Waals surface area contributed by atoms with Crippen LogP contribution in [0.2, 0.25) is 10.3 Å². The number of halogens is 2. The van der Waals surface area contributed by atoms with E-state index >= 15 is 0 Å². The SMILES string of the molecule is Cc1cccc(/C=N/Nc2nc(Cl)nc3c2ncn3-c2ccc(Cl)cc2)c1. The number of hydrogen-bond donors (Lipinski definition) is 1. The van der Waals surface area contributed by atoms with Crippen molar-refractivity contribution < 1.29 is 0 Å². The normalized spacial score (nSPS) is 11.4. The molecular weight excluding hydrogens is 383 g/mol. The third-order valence-corrected chi connectivity index (χ3v) is 4.32. The molecule has 0 atom stereocenters. The average molecular weight is 397 g/mol. The fraction of sp³-hybridized carbons (Fsp3) is 0.0526. The summed E-state index contributed by atoms with van der Waals surface area (Å²) in [6.07, 6.45) is 3.37. The second kappa shape index (κ2) is 7.34. The van der Waals surface area contributed by atoms with Gasteiger partial charge in [0.2, 0.25) is 5.28 Å². The van der Waals surface area contributed by atoms with Crippen molar-refractivity contribution in [3.05, 3.63) is 76.3 Å². The first-order chi connectivity index (χ1) is 13.1. The van der Waals surface area contributed by atoms with Gasteiger partial charge in [0.05, 0.1) is 6.21 Å². The number of hydrazone groups is 1. The maximum absolute atomic E-state index is 6.11. The lowest BCUT2D eigenvalue weighted by Gasteiger charge is -2.05. The fourth-order valence-electron chi connectivity index (χ4n) is 2.66. The largest absolute Gasteiger partial charge is 0.283 e. The van der Waals surface area contributed by atoms with Crippen LogP contribution in [-0.4, -0.2) is 25.7 Å². The van der Waals surface area contributed by atoms with Gasteiger partial charge in [-0.15, -0.1) is 0 Å². The summed E-state index contributed by atoms with van der Waals surface area (Å²) in [7, 11) is 0. The Morgan fingerprint density at radius 3 is 2.67 bits per heavy atom. The second-order valence-corrected chi connectivity index (χ2v) is 6.66. The smallest absolute Gasteiger partial charge is 0.226 e. The zero-order valence-electron chi connectivity index (χ0n) is 14.3. The molecule has 0 aliphatic carbocycles. The minimum Gasteiger partial charge on any atom is -0.283 e. The summed E-state index contributed by atoms with van der Waals surface area (Å²) < 4.78 is 1.81. The summed E-state index contributed by atoms with van der Waals surface area (Å²) in [4.78, 5) is 12.9. The van der Waals surface area contributed by atoms with Crippen LogP contribution >= 0.6 is 23.2 Å². The molecule has 0 amide bonds. The maximum Gasteiger partial charge on any atom is 0.226 e. The molecule has 0 spiro atoms. The number of nitrogens with one attached hydrogen (secondary N) is 1. The minimum atomic E-state index is 0.103. The number of hydrogen-bond acceptors (Lipinski definition) is 5. The molecule has 4 aromatic rings. The number of fused-ring (bicyclic) bond motifs is 1. The third kappa shape index (κ3) is 3.77. The lowest BCUT2D eigenvalue weighted by Crippen LogP contribution is -1.99. The van der Waals surface area contributed by atoms with E-state index in [9.17, 15) is 0 Å². The summed E-state index contributed by atoms with van der Waals surface area (Å²) in [5.41, 5.74) is 7.05. The number of rotatable bonds is 4. The molecule has 0 saturated carbocycles. The number of benzene rings is 2. The molecule has 0 aliphatic heterocycles. The Labute approximate surface area is 165 Å². The van der Waals surface area contributed by atoms with Gasteiger partial charge in [-0.25, -0.2) is 4.98 Å². The standard InChI is InChI=1S/C19H14Cl2N6/c1-12-3-2-4-13(9-12)10-23-26-17-16-18(25-19(21)24-17)27(11-22-16)15-7-5-14(20)6-8-15/h2-11H,1H3,(H,24,25,26)/b23-10+. The molecule has 27 heavy (non-hydrogen) atoms. The number of nitrogens with zero attached hydrogens (tertiary/aromatic N) is 5. The predicted octanol–water partition coefficient (Wildman–Crippen LogP) is 4.88. The average Bonchev–Trinajstić information content (AvgIpc) is 3.06. The highest BCUT2D eigenvalue weighted by Crippen LogP contribution is 2.24. The van der Waals surface area contributed by atoms with Crippen LogP contribution in [0.4, 0.5) is 5.82 Å². The lowest BCUT2D eigenvalue weighted by atomic mass is 10.2. The molecule has 4 rings (SSSR count). The van der Waals surface area contributed by atoms with Gasteiger partial charge in [0, 0.05) is 10.7 Å². The van der Waals surface area contributed by atoms with Crippen molar-refractivity contribution >= 4 is 46.4 Å². The van der Waals surface area contributed by atoms with Crippen LogP contribution < -0.4 is 5.43 Å². The Hall–Kier alpha value is -2.96. The number of anilines is 1. The Kier molecular flexibility index (Phi) is 4.75. The highest BCUT2D eigenvalue weighted by Gasteiger charge is 2.13. The Morgan fingerprint density at radius 1 is 1.07 bits per heavy atom. The molecule has 134 valence electrons. The van der Waals surface area contributed by atoms with Crippen LogP contribution in [0.5, 0.6) is 0 Å². The number of imidazole rings is 1. The van der Waals surface area contributed by atoms with Gasteiger partial charge in [0.15, 0.2) is 17.0 Å². The predicted molar refractivity (Wildman–Crippen MR) is 109 cm³/mol. The zero-order chi connectivity index (χ0) is 18.8. The van der Waals surface area contributed by atoms with E-state index in [4.69, 9.17) is 23.2 Å². The van der Waals surface area contributed by atoms with Crippen molar-refractivity contribution in [1.82, 2.24) is 19.5 Å². The van der Waals surface area contributed by atoms with Crippen molar-refractivity contribution in [3.63, 3.8) is 0 Å². The third-order valence-electron chi connectivity index (χ3n) is 3.90. The molecule has 2 aromatic carbocycles. The topological polar surface area (TPSA) is 68.0 Å². The van der Waals surface area contributed by atoms with Gasteiger partial charge in [0.25, 0.3) is 0 Å². The Bertz CT molecular complexity index is 1130. The highest BCUT2D eigenvalue weighted by atomic mass is 35.5. The summed E-state index contributed by atoms with van der Waals surface area (Å²) in [6.45, 7) is 2.03. The molecule has 0 aliphatic rings. The Balaban J connectivity index is 1.68. The van der Waals surface area contributed by atoms with Crippen LogP contribution in [0.3, 0.4) is 0 Å². The van der Waals surface area contributed by atoms with Crippen LogP contribution in [-0.2, 0) is 0 Å². The van der Waals surface area contributed by atoms with Crippen molar-refractivity contribution in [3.8, 4) is 5.69 Å². The molecule has 0 saturated heterocycles. The van der Waals surface area contributed by atoms with Crippen molar-refractivity contribution in [2.24, 2.45) is 5.10 Å². The fourth-order valence-corrected chi connectivity index (χ4v) is 2.95. The number of aryl methyl sites for hydroxylation is 1. The van der Waals surface area contributed by atoms with Gasteiger partial charge in [-0.2, -0.15) is 15.1 Å². The molecule has 2 aromatic heterocycles. The van der Waals surface area contributed by atoms with Crippen molar-refractivity contribution in [1.29, 1.82) is 0 Å². The maximum atomic E-state index is 6.11. The summed E-state index contributed by atoms with van der Waals surface area (Å²) >= 11 is 12.1. The molecule has 0 unspecified atom stereocenters. The van der Waals surface area contributed by atoms with Gasteiger partial charge in [-0.1, -0.05) is 41.4 Å². The van der Waals surface area contributed by atoms with Crippen LogP contribution in [0, 0.1) is 6.92 Å². The van der Waals surface area contributed by atoms with Gasteiger partial charge in [-0.3, -0.25) is 9.99 Å². The second-order valence-electron chi connectivity index (χ2n) is 5.89. The summed E-state index contributed by atoms with van der Waals surface area (Å²) in [5, 5.41) is 5.01. The molecule has 0 bridgehead atoms. The summed E-state index contributed by atoms with van der Waals surface area (Å²) in [6, 6.07) is 15.4. The first-order valence-electron chi connectivity index (χ1n) is 8.12.